The lowest BCUT2D eigenvalue weighted by Gasteiger charge is -2.13. The van der Waals surface area contributed by atoms with E-state index < -0.39 is 58.6 Å². The van der Waals surface area contributed by atoms with Gasteiger partial charge in [0.25, 0.3) is 0 Å². The van der Waals surface area contributed by atoms with Gasteiger partial charge in [0.05, 0.1) is 16.7 Å². The highest BCUT2D eigenvalue weighted by Gasteiger charge is 2.40. The van der Waals surface area contributed by atoms with Crippen LogP contribution in [0.4, 0.5) is 30.7 Å². The van der Waals surface area contributed by atoms with Gasteiger partial charge in [-0.25, -0.2) is 17.6 Å². The van der Waals surface area contributed by atoms with Crippen LogP contribution in [0.1, 0.15) is 40.0 Å². The molecule has 49 heavy (non-hydrogen) atoms. The van der Waals surface area contributed by atoms with Gasteiger partial charge >= 0.3 is 6.18 Å². The van der Waals surface area contributed by atoms with Gasteiger partial charge < -0.3 is 20.1 Å². The highest BCUT2D eigenvalue weighted by molar-refractivity contribution is 6.31. The van der Waals surface area contributed by atoms with E-state index in [2.05, 4.69) is 10.6 Å². The van der Waals surface area contributed by atoms with E-state index in [1.54, 1.807) is 43.4 Å². The molecule has 0 saturated carbocycles. The maximum Gasteiger partial charge on any atom is 0.416 e. The number of benzene rings is 4. The average Bonchev–Trinajstić information content (AvgIpc) is 3.58. The number of carbonyl (C=O) groups is 2. The van der Waals surface area contributed by atoms with Crippen molar-refractivity contribution in [3.05, 3.63) is 153 Å². The number of ketones is 2. The van der Waals surface area contributed by atoms with Crippen LogP contribution in [-0.2, 0) is 25.2 Å². The van der Waals surface area contributed by atoms with Crippen molar-refractivity contribution in [1.29, 1.82) is 0 Å². The topological polar surface area (TPSA) is 76.7 Å². The number of halogens is 8. The predicted molar refractivity (Wildman–Crippen MR) is 165 cm³/mol. The fourth-order valence-electron chi connectivity index (χ4n) is 5.22. The van der Waals surface area contributed by atoms with Gasteiger partial charge in [0.2, 0.25) is 11.6 Å². The molecule has 2 atom stereocenters. The Morgan fingerprint density at radius 1 is 0.673 bits per heavy atom. The molecule has 0 fully saturated rings. The van der Waals surface area contributed by atoms with Crippen LogP contribution in [0.2, 0.25) is 5.02 Å². The van der Waals surface area contributed by atoms with Crippen LogP contribution in [0, 0.1) is 23.3 Å². The Labute approximate surface area is 279 Å². The summed E-state index contributed by atoms with van der Waals surface area (Å²) in [5, 5.41) is 5.90. The highest BCUT2D eigenvalue weighted by atomic mass is 35.5. The summed E-state index contributed by atoms with van der Waals surface area (Å²) in [6.45, 7) is 0. The largest absolute Gasteiger partial charge is 0.462 e. The Kier molecular flexibility index (Phi) is 10.0. The normalized spacial score (nSPS) is 17.4. The van der Waals surface area contributed by atoms with Crippen LogP contribution >= 0.6 is 11.6 Å². The van der Waals surface area contributed by atoms with Crippen molar-refractivity contribution in [2.24, 2.45) is 0 Å². The Morgan fingerprint density at radius 2 is 1.24 bits per heavy atom. The van der Waals surface area contributed by atoms with E-state index in [4.69, 9.17) is 21.1 Å². The van der Waals surface area contributed by atoms with Crippen LogP contribution < -0.4 is 10.6 Å². The van der Waals surface area contributed by atoms with Crippen molar-refractivity contribution < 1.29 is 49.8 Å². The van der Waals surface area contributed by atoms with E-state index in [-0.39, 0.29) is 22.8 Å². The second-order valence-corrected chi connectivity index (χ2v) is 11.0. The Bertz CT molecular complexity index is 2010. The van der Waals surface area contributed by atoms with Gasteiger partial charge in [-0.1, -0.05) is 48.0 Å². The molecule has 0 aromatic heterocycles. The third-order valence-corrected chi connectivity index (χ3v) is 7.63. The Hall–Kier alpha value is -5.30. The number of carbonyl (C=O) groups excluding carboxylic acids is 2. The third-order valence-electron chi connectivity index (χ3n) is 7.40. The minimum absolute atomic E-state index is 0.126. The molecule has 2 heterocycles. The number of alkyl halides is 3. The molecule has 0 spiro atoms. The molecule has 2 unspecified atom stereocenters. The number of hydrogen-bond acceptors (Lipinski definition) is 6. The Balaban J connectivity index is 0.000000195. The van der Waals surface area contributed by atoms with Gasteiger partial charge in [-0.05, 0) is 53.6 Å². The van der Waals surface area contributed by atoms with Crippen molar-refractivity contribution in [3.63, 3.8) is 0 Å². The Morgan fingerprint density at radius 3 is 1.84 bits per heavy atom. The van der Waals surface area contributed by atoms with E-state index in [1.807, 2.05) is 0 Å². The molecule has 4 aromatic carbocycles. The fraction of sp³-hybridized carbons (Fsp3) is 0.143. The first kappa shape index (κ1) is 35.0. The molecule has 2 aliphatic heterocycles. The minimum atomic E-state index is -4.64. The van der Waals surface area contributed by atoms with Crippen molar-refractivity contribution in [3.8, 4) is 0 Å². The van der Waals surface area contributed by atoms with Crippen LogP contribution in [-0.4, -0.2) is 25.7 Å². The van der Waals surface area contributed by atoms with Gasteiger partial charge in [0, 0.05) is 36.3 Å². The second kappa shape index (κ2) is 14.0. The molecule has 4 aromatic rings. The minimum Gasteiger partial charge on any atom is -0.462 e. The quantitative estimate of drug-likeness (QED) is 0.156. The molecule has 0 aliphatic carbocycles. The van der Waals surface area contributed by atoms with Gasteiger partial charge in [-0.2, -0.15) is 13.2 Å². The lowest BCUT2D eigenvalue weighted by atomic mass is 9.95. The zero-order valence-corrected chi connectivity index (χ0v) is 26.2. The average molecular weight is 705 g/mol. The summed E-state index contributed by atoms with van der Waals surface area (Å²) in [4.78, 5) is 25.4. The zero-order chi connectivity index (χ0) is 35.6. The van der Waals surface area contributed by atoms with Crippen LogP contribution in [0.5, 0.6) is 0 Å². The van der Waals surface area contributed by atoms with E-state index in [9.17, 15) is 40.3 Å². The van der Waals surface area contributed by atoms with E-state index in [0.29, 0.717) is 39.7 Å². The van der Waals surface area contributed by atoms with E-state index in [0.717, 1.165) is 18.2 Å². The molecule has 6 nitrogen and oxygen atoms in total. The van der Waals surface area contributed by atoms with Crippen LogP contribution in [0.3, 0.4) is 0 Å². The second-order valence-electron chi connectivity index (χ2n) is 10.6. The van der Waals surface area contributed by atoms with Gasteiger partial charge in [0.1, 0.15) is 11.6 Å². The molecule has 2 N–H and O–H groups in total. The summed E-state index contributed by atoms with van der Waals surface area (Å²) in [7, 11) is 3.00. The molecule has 0 bridgehead atoms. The highest BCUT2D eigenvalue weighted by Crippen LogP contribution is 2.40. The third kappa shape index (κ3) is 7.26. The molecular formula is C35H24ClF7N2O4. The maximum atomic E-state index is 14.0. The standard InChI is InChI=1S/C18H11F6NO2.C17H13ClFNO2/c1-25-17-13(8-3-2-4-9(5-8)18(22,23)24)15(26)16(27-17)11-6-10(19)7-12(20)14(11)21;1-20-17-14(10-4-2-6-12(18)8-10)15(21)16(22-17)11-5-3-7-13(19)9-11/h2-7,16,25H,1H3;2-9,16,20H,1H3. The maximum absolute atomic E-state index is 14.0. The smallest absolute Gasteiger partial charge is 0.416 e. The number of ether oxygens (including phenoxy) is 2. The summed E-state index contributed by atoms with van der Waals surface area (Å²) in [6, 6.07) is 17.6. The summed E-state index contributed by atoms with van der Waals surface area (Å²) in [6.07, 6.45) is -7.23. The molecular weight excluding hydrogens is 681 g/mol. The van der Waals surface area contributed by atoms with Crippen molar-refractivity contribution >= 4 is 34.3 Å². The summed E-state index contributed by atoms with van der Waals surface area (Å²) in [5.41, 5.74) is -0.527. The van der Waals surface area contributed by atoms with Crippen molar-refractivity contribution in [2.75, 3.05) is 14.1 Å². The SMILES string of the molecule is CNC1=C(c2cccc(C(F)(F)F)c2)C(=O)C(c2cc(F)cc(F)c2F)O1.CNC1=C(c2cccc(Cl)c2)C(=O)C(c2cccc(F)c2)O1. The molecule has 0 amide bonds. The lowest BCUT2D eigenvalue weighted by Crippen LogP contribution is -2.13. The van der Waals surface area contributed by atoms with Gasteiger partial charge in [-0.15, -0.1) is 0 Å². The first-order valence-electron chi connectivity index (χ1n) is 14.3. The number of hydrogen-bond donors (Lipinski definition) is 2. The number of nitrogens with one attached hydrogen (secondary N) is 2. The van der Waals surface area contributed by atoms with E-state index >= 15 is 0 Å². The van der Waals surface area contributed by atoms with Crippen LogP contribution in [0.15, 0.2) is 96.7 Å². The lowest BCUT2D eigenvalue weighted by molar-refractivity contribution is -0.137. The van der Waals surface area contributed by atoms with Gasteiger partial charge in [0.15, 0.2) is 35.6 Å². The molecule has 0 radical (unpaired) electrons. The number of Topliss-reactive ketones (excluding diaryl/α,β-unsaturated/α-hetero) is 2. The number of rotatable bonds is 6. The molecule has 6 rings (SSSR count). The molecule has 0 saturated heterocycles. The van der Waals surface area contributed by atoms with E-state index in [1.165, 1.54) is 25.2 Å². The summed E-state index contributed by atoms with van der Waals surface area (Å²) < 4.78 is 104. The zero-order valence-electron chi connectivity index (χ0n) is 25.4. The first-order valence-corrected chi connectivity index (χ1v) is 14.7. The monoisotopic (exact) mass is 704 g/mol. The fourth-order valence-corrected chi connectivity index (χ4v) is 5.41. The predicted octanol–water partition coefficient (Wildman–Crippen LogP) is 8.06. The molecule has 2 aliphatic rings. The van der Waals surface area contributed by atoms with Crippen LogP contribution in [0.25, 0.3) is 11.1 Å². The molecule has 254 valence electrons. The molecule has 14 heteroatoms. The summed E-state index contributed by atoms with van der Waals surface area (Å²) >= 11 is 5.99. The van der Waals surface area contributed by atoms with Crippen molar-refractivity contribution in [2.45, 2.75) is 18.4 Å². The van der Waals surface area contributed by atoms with Gasteiger partial charge in [-0.3, -0.25) is 9.59 Å². The summed E-state index contributed by atoms with van der Waals surface area (Å²) in [5.74, 6) is -5.54. The van der Waals surface area contributed by atoms with Crippen molar-refractivity contribution in [1.82, 2.24) is 10.6 Å². The first-order chi connectivity index (χ1) is 23.2.